The third kappa shape index (κ3) is 1.68. The van der Waals surface area contributed by atoms with Gasteiger partial charge >= 0.3 is 0 Å². The van der Waals surface area contributed by atoms with E-state index in [1.54, 1.807) is 6.20 Å². The lowest BCUT2D eigenvalue weighted by atomic mass is 10.4. The summed E-state index contributed by atoms with van der Waals surface area (Å²) in [5.41, 5.74) is 0.987. The number of hydrogen-bond acceptors (Lipinski definition) is 3. The highest BCUT2D eigenvalue weighted by Crippen LogP contribution is 2.29. The van der Waals surface area contributed by atoms with Gasteiger partial charge in [-0.1, -0.05) is 11.6 Å². The minimum atomic E-state index is 0.763. The average Bonchev–Trinajstić information content (AvgIpc) is 2.71. The Morgan fingerprint density at radius 1 is 1.54 bits per heavy atom. The van der Waals surface area contributed by atoms with Gasteiger partial charge in [0.05, 0.1) is 21.1 Å². The molecule has 0 amide bonds. The number of aromatic amines is 1. The molecule has 0 aliphatic rings. The molecule has 2 aromatic rings. The second-order valence-corrected chi connectivity index (χ2v) is 4.21. The van der Waals surface area contributed by atoms with Gasteiger partial charge in [0.25, 0.3) is 0 Å². The van der Waals surface area contributed by atoms with E-state index in [4.69, 9.17) is 11.6 Å². The van der Waals surface area contributed by atoms with E-state index in [9.17, 15) is 0 Å². The van der Waals surface area contributed by atoms with E-state index in [1.165, 1.54) is 11.3 Å². The molecule has 0 atom stereocenters. The molecular formula is C8H8ClN3S. The lowest BCUT2D eigenvalue weighted by Crippen LogP contribution is -1.88. The van der Waals surface area contributed by atoms with Crippen molar-refractivity contribution in [2.75, 3.05) is 12.4 Å². The molecule has 2 N–H and O–H groups in total. The Balaban J connectivity index is 2.35. The molecule has 0 bridgehead atoms. The molecule has 0 aliphatic carbocycles. The summed E-state index contributed by atoms with van der Waals surface area (Å²) in [5, 5.41) is 2.93. The largest absolute Gasteiger partial charge is 0.359 e. The molecule has 3 nitrogen and oxygen atoms in total. The molecule has 68 valence electrons. The number of imidazole rings is 1. The minimum Gasteiger partial charge on any atom is -0.359 e. The first kappa shape index (κ1) is 8.59. The van der Waals surface area contributed by atoms with E-state index >= 15 is 0 Å². The Hall–Kier alpha value is -1.00. The maximum absolute atomic E-state index is 5.82. The summed E-state index contributed by atoms with van der Waals surface area (Å²) in [4.78, 5) is 8.34. The van der Waals surface area contributed by atoms with Gasteiger partial charge in [0.15, 0.2) is 5.95 Å². The van der Waals surface area contributed by atoms with E-state index in [0.717, 1.165) is 20.9 Å². The van der Waals surface area contributed by atoms with Crippen molar-refractivity contribution in [3.05, 3.63) is 22.7 Å². The van der Waals surface area contributed by atoms with Gasteiger partial charge in [-0.3, -0.25) is 0 Å². The van der Waals surface area contributed by atoms with Crippen molar-refractivity contribution in [3.63, 3.8) is 0 Å². The normalized spacial score (nSPS) is 10.3. The zero-order valence-electron chi connectivity index (χ0n) is 6.97. The van der Waals surface area contributed by atoms with Crippen LogP contribution in [0.15, 0.2) is 18.3 Å². The van der Waals surface area contributed by atoms with Crippen LogP contribution < -0.4 is 5.32 Å². The summed E-state index contributed by atoms with van der Waals surface area (Å²) >= 11 is 7.35. The maximum atomic E-state index is 5.82. The van der Waals surface area contributed by atoms with E-state index in [0.29, 0.717) is 0 Å². The quantitative estimate of drug-likeness (QED) is 0.806. The first-order valence-corrected chi connectivity index (χ1v) is 4.97. The lowest BCUT2D eigenvalue weighted by Gasteiger charge is -1.90. The summed E-state index contributed by atoms with van der Waals surface area (Å²) in [6, 6.07) is 3.85. The fourth-order valence-electron chi connectivity index (χ4n) is 1.03. The number of H-pyrrole nitrogens is 1. The molecule has 0 spiro atoms. The van der Waals surface area contributed by atoms with Crippen LogP contribution in [0.2, 0.25) is 4.34 Å². The van der Waals surface area contributed by atoms with Gasteiger partial charge in [-0.05, 0) is 12.1 Å². The summed E-state index contributed by atoms with van der Waals surface area (Å²) in [7, 11) is 1.82. The SMILES string of the molecule is CNc1ncc(-c2ccc(Cl)s2)[nH]1. The van der Waals surface area contributed by atoms with Crippen molar-refractivity contribution < 1.29 is 0 Å². The van der Waals surface area contributed by atoms with Crippen LogP contribution in [0.25, 0.3) is 10.6 Å². The lowest BCUT2D eigenvalue weighted by molar-refractivity contribution is 1.26. The molecule has 0 radical (unpaired) electrons. The van der Waals surface area contributed by atoms with Crippen LogP contribution in [-0.2, 0) is 0 Å². The van der Waals surface area contributed by atoms with Gasteiger partial charge in [-0.2, -0.15) is 0 Å². The Morgan fingerprint density at radius 3 is 2.92 bits per heavy atom. The van der Waals surface area contributed by atoms with E-state index in [1.807, 2.05) is 19.2 Å². The van der Waals surface area contributed by atoms with Gasteiger partial charge in [0.1, 0.15) is 0 Å². The molecule has 0 fully saturated rings. The molecule has 2 rings (SSSR count). The van der Waals surface area contributed by atoms with Crippen LogP contribution in [-0.4, -0.2) is 17.0 Å². The number of hydrogen-bond donors (Lipinski definition) is 2. The van der Waals surface area contributed by atoms with Crippen molar-refractivity contribution in [2.45, 2.75) is 0 Å². The van der Waals surface area contributed by atoms with Crippen molar-refractivity contribution >= 4 is 28.9 Å². The zero-order chi connectivity index (χ0) is 9.26. The molecule has 0 saturated heterocycles. The number of rotatable bonds is 2. The Morgan fingerprint density at radius 2 is 2.38 bits per heavy atom. The standard InChI is InChI=1S/C8H8ClN3S/c1-10-8-11-4-5(12-8)6-2-3-7(9)13-6/h2-4H,1H3,(H2,10,11,12). The van der Waals surface area contributed by atoms with Crippen LogP contribution in [0.5, 0.6) is 0 Å². The highest BCUT2D eigenvalue weighted by atomic mass is 35.5. The fraction of sp³-hybridized carbons (Fsp3) is 0.125. The van der Waals surface area contributed by atoms with Crippen LogP contribution in [0.1, 0.15) is 0 Å². The number of nitrogens with zero attached hydrogens (tertiary/aromatic N) is 1. The van der Waals surface area contributed by atoms with Crippen LogP contribution in [0.3, 0.4) is 0 Å². The zero-order valence-corrected chi connectivity index (χ0v) is 8.54. The molecule has 2 heterocycles. The van der Waals surface area contributed by atoms with Gasteiger partial charge in [0, 0.05) is 7.05 Å². The van der Waals surface area contributed by atoms with E-state index in [2.05, 4.69) is 15.3 Å². The second kappa shape index (κ2) is 3.40. The minimum absolute atomic E-state index is 0.763. The molecule has 0 aromatic carbocycles. The number of aromatic nitrogens is 2. The average molecular weight is 214 g/mol. The monoisotopic (exact) mass is 213 g/mol. The van der Waals surface area contributed by atoms with Crippen LogP contribution in [0, 0.1) is 0 Å². The van der Waals surface area contributed by atoms with Crippen molar-refractivity contribution in [2.24, 2.45) is 0 Å². The van der Waals surface area contributed by atoms with Crippen molar-refractivity contribution in [1.82, 2.24) is 9.97 Å². The van der Waals surface area contributed by atoms with E-state index in [-0.39, 0.29) is 0 Å². The molecule has 0 unspecified atom stereocenters. The van der Waals surface area contributed by atoms with Crippen LogP contribution >= 0.6 is 22.9 Å². The number of thiophene rings is 1. The summed E-state index contributed by atoms with van der Waals surface area (Å²) < 4.78 is 0.788. The summed E-state index contributed by atoms with van der Waals surface area (Å²) in [5.74, 6) is 0.763. The number of nitrogens with one attached hydrogen (secondary N) is 2. The van der Waals surface area contributed by atoms with Crippen molar-refractivity contribution in [1.29, 1.82) is 0 Å². The highest BCUT2D eigenvalue weighted by molar-refractivity contribution is 7.19. The highest BCUT2D eigenvalue weighted by Gasteiger charge is 2.04. The molecule has 5 heteroatoms. The third-order valence-electron chi connectivity index (χ3n) is 1.65. The number of anilines is 1. The molecule has 2 aromatic heterocycles. The first-order chi connectivity index (χ1) is 6.29. The number of halogens is 1. The van der Waals surface area contributed by atoms with Gasteiger partial charge in [-0.15, -0.1) is 11.3 Å². The smallest absolute Gasteiger partial charge is 0.200 e. The Kier molecular flexibility index (Phi) is 2.24. The topological polar surface area (TPSA) is 40.7 Å². The second-order valence-electron chi connectivity index (χ2n) is 2.50. The molecular weight excluding hydrogens is 206 g/mol. The first-order valence-electron chi connectivity index (χ1n) is 3.78. The van der Waals surface area contributed by atoms with Crippen molar-refractivity contribution in [3.8, 4) is 10.6 Å². The van der Waals surface area contributed by atoms with Gasteiger partial charge in [-0.25, -0.2) is 4.98 Å². The Bertz CT molecular complexity index is 407. The third-order valence-corrected chi connectivity index (χ3v) is 2.92. The predicted molar refractivity (Wildman–Crippen MR) is 56.5 cm³/mol. The summed E-state index contributed by atoms with van der Waals surface area (Å²) in [6.07, 6.45) is 1.79. The molecule has 0 aliphatic heterocycles. The molecule has 0 saturated carbocycles. The maximum Gasteiger partial charge on any atom is 0.200 e. The molecule has 13 heavy (non-hydrogen) atoms. The predicted octanol–water partition coefficient (Wildman–Crippen LogP) is 2.83. The van der Waals surface area contributed by atoms with Gasteiger partial charge < -0.3 is 10.3 Å². The fourth-order valence-corrected chi connectivity index (χ4v) is 2.04. The summed E-state index contributed by atoms with van der Waals surface area (Å²) in [6.45, 7) is 0. The Labute approximate surface area is 84.8 Å². The van der Waals surface area contributed by atoms with Crippen LogP contribution in [0.4, 0.5) is 5.95 Å². The van der Waals surface area contributed by atoms with E-state index < -0.39 is 0 Å². The van der Waals surface area contributed by atoms with Gasteiger partial charge in [0.2, 0.25) is 0 Å².